The molecule has 3 aliphatic carbocycles. The number of hydrogen-bond acceptors (Lipinski definition) is 13. The van der Waals surface area contributed by atoms with Crippen LogP contribution in [0.2, 0.25) is 6.32 Å². The lowest BCUT2D eigenvalue weighted by molar-refractivity contribution is -0.199. The van der Waals surface area contributed by atoms with Crippen LogP contribution in [0.3, 0.4) is 0 Å². The molecule has 0 spiro atoms. The van der Waals surface area contributed by atoms with Crippen LogP contribution in [-0.4, -0.2) is 111 Å². The van der Waals surface area contributed by atoms with Crippen molar-refractivity contribution in [1.29, 1.82) is 0 Å². The second kappa shape index (κ2) is 15.9. The lowest BCUT2D eigenvalue weighted by Gasteiger charge is -2.64. The molecule has 17 heteroatoms. The van der Waals surface area contributed by atoms with Crippen LogP contribution in [0.5, 0.6) is 11.5 Å². The lowest BCUT2D eigenvalue weighted by Crippen LogP contribution is -2.65. The first-order chi connectivity index (χ1) is 27.2. The molecule has 1 aromatic heterocycles. The summed E-state index contributed by atoms with van der Waals surface area (Å²) in [4.78, 5) is 56.2. The van der Waals surface area contributed by atoms with Gasteiger partial charge in [-0.2, -0.15) is 0 Å². The smallest absolute Gasteiger partial charge is 0.486 e. The van der Waals surface area contributed by atoms with Gasteiger partial charge in [-0.3, -0.25) is 4.79 Å². The molecule has 0 N–H and O–H groups in total. The van der Waals surface area contributed by atoms with E-state index in [0.717, 1.165) is 12.8 Å². The molecule has 59 heavy (non-hydrogen) atoms. The molecule has 0 radical (unpaired) electrons. The van der Waals surface area contributed by atoms with Gasteiger partial charge >= 0.3 is 25.3 Å². The van der Waals surface area contributed by atoms with Crippen molar-refractivity contribution in [2.75, 3.05) is 20.1 Å². The minimum atomic E-state index is -0.986. The second-order valence-electron chi connectivity index (χ2n) is 20.2. The third-order valence-corrected chi connectivity index (χ3v) is 11.6. The number of esters is 1. The summed E-state index contributed by atoms with van der Waals surface area (Å²) in [6.45, 7) is 23.0. The minimum Gasteiger partial charge on any atom is -0.486 e. The Hall–Kier alpha value is -4.38. The van der Waals surface area contributed by atoms with Gasteiger partial charge in [0.05, 0.1) is 43.2 Å². The van der Waals surface area contributed by atoms with Gasteiger partial charge in [-0.15, -0.1) is 5.10 Å². The van der Waals surface area contributed by atoms with Gasteiger partial charge in [0.2, 0.25) is 5.91 Å². The van der Waals surface area contributed by atoms with Crippen LogP contribution in [0, 0.1) is 17.3 Å². The van der Waals surface area contributed by atoms with E-state index in [1.165, 1.54) is 15.8 Å². The number of nitrogens with zero attached hydrogens (tertiary/aromatic N) is 5. The van der Waals surface area contributed by atoms with Crippen LogP contribution in [0.25, 0.3) is 0 Å². The number of ether oxygens (including phenoxy) is 5. The Kier molecular flexibility index (Phi) is 11.9. The zero-order valence-corrected chi connectivity index (χ0v) is 37.0. The number of carbonyl (C=O) groups is 4. The Balaban J connectivity index is 1.17. The van der Waals surface area contributed by atoms with Gasteiger partial charge in [0.1, 0.15) is 40.8 Å². The molecule has 0 unspecified atom stereocenters. The molecular formula is C42H62BN5O11. The molecule has 1 aromatic carbocycles. The highest BCUT2D eigenvalue weighted by atomic mass is 16.7. The topological polar surface area (TPSA) is 170 Å². The summed E-state index contributed by atoms with van der Waals surface area (Å²) in [5.74, 6) is 0.135. The SMILES string of the molecule is CN(Cc1cnnn1CC(=O)N1CC(Oc2ccc(CCB3O[C@@H]4C[C@@H]5C[C@@H](C5(C)C)[C@]4(C)O3)c(OC(=O)OC(C)(C)C)c2C(=O)OC(C)(C)C)C1)C(=O)OC(C)(C)C. The number of amides is 2. The molecule has 5 aliphatic rings. The van der Waals surface area contributed by atoms with E-state index in [4.69, 9.17) is 33.0 Å². The van der Waals surface area contributed by atoms with Crippen LogP contribution in [0.4, 0.5) is 9.59 Å². The van der Waals surface area contributed by atoms with Crippen molar-refractivity contribution in [3.8, 4) is 11.5 Å². The van der Waals surface area contributed by atoms with E-state index in [1.807, 2.05) is 0 Å². The average Bonchev–Trinajstić information content (AvgIpc) is 3.64. The zero-order valence-electron chi connectivity index (χ0n) is 37.0. The Labute approximate surface area is 348 Å². The molecular weight excluding hydrogens is 761 g/mol. The van der Waals surface area contributed by atoms with Crippen molar-refractivity contribution in [3.05, 3.63) is 35.2 Å². The summed E-state index contributed by atoms with van der Waals surface area (Å²) in [5.41, 5.74) is -1.56. The van der Waals surface area contributed by atoms with Gasteiger partial charge in [-0.1, -0.05) is 25.1 Å². The van der Waals surface area contributed by atoms with E-state index in [9.17, 15) is 19.2 Å². The highest BCUT2D eigenvalue weighted by Gasteiger charge is 2.67. The quantitative estimate of drug-likeness (QED) is 0.105. The van der Waals surface area contributed by atoms with E-state index in [-0.39, 0.29) is 66.3 Å². The van der Waals surface area contributed by atoms with Crippen molar-refractivity contribution >= 4 is 31.2 Å². The molecule has 16 nitrogen and oxygen atoms in total. The maximum Gasteiger partial charge on any atom is 0.514 e. The number of carbonyl (C=O) groups excluding carboxylic acids is 4. The highest BCUT2D eigenvalue weighted by Crippen LogP contribution is 2.65. The van der Waals surface area contributed by atoms with Gasteiger partial charge in [-0.05, 0) is 124 Å². The number of benzene rings is 1. The van der Waals surface area contributed by atoms with Gasteiger partial charge in [0, 0.05) is 7.05 Å². The Bertz CT molecular complexity index is 1930. The average molecular weight is 824 g/mol. The number of aromatic nitrogens is 3. The fourth-order valence-electron chi connectivity index (χ4n) is 8.55. The summed E-state index contributed by atoms with van der Waals surface area (Å²) < 4.78 is 43.7. The molecule has 4 atom stereocenters. The maximum absolute atomic E-state index is 14.1. The predicted molar refractivity (Wildman–Crippen MR) is 216 cm³/mol. The number of hydrogen-bond donors (Lipinski definition) is 0. The van der Waals surface area contributed by atoms with Gasteiger partial charge in [-0.25, -0.2) is 19.1 Å². The summed E-state index contributed by atoms with van der Waals surface area (Å²) in [7, 11) is 1.12. The molecule has 5 fully saturated rings. The van der Waals surface area contributed by atoms with Gasteiger partial charge in [0.15, 0.2) is 5.75 Å². The van der Waals surface area contributed by atoms with Crippen LogP contribution >= 0.6 is 0 Å². The van der Waals surface area contributed by atoms with Crippen molar-refractivity contribution in [2.45, 2.75) is 156 Å². The van der Waals surface area contributed by atoms with Crippen LogP contribution < -0.4 is 9.47 Å². The van der Waals surface area contributed by atoms with Crippen LogP contribution in [-0.2, 0) is 47.8 Å². The van der Waals surface area contributed by atoms with Crippen molar-refractivity contribution in [1.82, 2.24) is 24.8 Å². The summed E-state index contributed by atoms with van der Waals surface area (Å²) in [6.07, 6.45) is 2.41. The van der Waals surface area contributed by atoms with Crippen molar-refractivity contribution < 1.29 is 52.2 Å². The first-order valence-electron chi connectivity index (χ1n) is 20.6. The van der Waals surface area contributed by atoms with E-state index in [0.29, 0.717) is 35.8 Å². The minimum absolute atomic E-state index is 0.00732. The molecule has 324 valence electrons. The Morgan fingerprint density at radius 1 is 0.932 bits per heavy atom. The predicted octanol–water partition coefficient (Wildman–Crippen LogP) is 6.47. The van der Waals surface area contributed by atoms with E-state index in [2.05, 4.69) is 31.1 Å². The van der Waals surface area contributed by atoms with E-state index < -0.39 is 48.2 Å². The first-order valence-corrected chi connectivity index (χ1v) is 20.6. The number of likely N-dealkylation sites (tertiary alicyclic amines) is 1. The van der Waals surface area contributed by atoms with Crippen molar-refractivity contribution in [2.24, 2.45) is 17.3 Å². The molecule has 7 rings (SSSR count). The largest absolute Gasteiger partial charge is 0.514 e. The molecule has 2 amide bonds. The normalized spacial score (nSPS) is 23.7. The Morgan fingerprint density at radius 2 is 1.59 bits per heavy atom. The summed E-state index contributed by atoms with van der Waals surface area (Å²) >= 11 is 0. The zero-order chi connectivity index (χ0) is 43.5. The number of rotatable bonds is 11. The standard InChI is InChI=1S/C42H62BN5O11/c1-38(2,3)55-35(50)33-29(53-28-22-47(23-28)32(49)24-48-27(20-44-45-48)21-46(13)36(51)56-39(4,5)6)15-14-25(34(33)54-37(52)57-40(7,8)9)16-17-43-58-31-19-26-18-30(41(26,10)11)42(31,12)59-43/h14-15,20,26,28,30-31H,16-19,21-24H2,1-13H3/t26-,30-,31+,42-/m0/s1. The lowest BCUT2D eigenvalue weighted by atomic mass is 9.43. The molecule has 2 saturated heterocycles. The third-order valence-electron chi connectivity index (χ3n) is 11.6. The van der Waals surface area contributed by atoms with E-state index >= 15 is 0 Å². The second-order valence-corrected chi connectivity index (χ2v) is 20.2. The third kappa shape index (κ3) is 9.99. The molecule has 3 saturated carbocycles. The molecule has 2 aliphatic heterocycles. The summed E-state index contributed by atoms with van der Waals surface area (Å²) in [5, 5.41) is 8.00. The molecule has 2 aromatic rings. The summed E-state index contributed by atoms with van der Waals surface area (Å²) in [6, 6.07) is 3.42. The van der Waals surface area contributed by atoms with Crippen LogP contribution in [0.1, 0.15) is 118 Å². The molecule has 3 heterocycles. The highest BCUT2D eigenvalue weighted by molar-refractivity contribution is 6.45. The maximum atomic E-state index is 14.1. The van der Waals surface area contributed by atoms with Crippen LogP contribution in [0.15, 0.2) is 18.3 Å². The molecule has 2 bridgehead atoms. The van der Waals surface area contributed by atoms with Crippen molar-refractivity contribution in [3.63, 3.8) is 0 Å². The fraction of sp³-hybridized carbons (Fsp3) is 0.714. The monoisotopic (exact) mass is 823 g/mol. The van der Waals surface area contributed by atoms with E-state index in [1.54, 1.807) is 86.4 Å². The number of aryl methyl sites for hydroxylation is 1. The first kappa shape index (κ1) is 44.2. The van der Waals surface area contributed by atoms with Gasteiger partial charge < -0.3 is 42.8 Å². The fourth-order valence-corrected chi connectivity index (χ4v) is 8.55. The van der Waals surface area contributed by atoms with Gasteiger partial charge in [0.25, 0.3) is 0 Å². The Morgan fingerprint density at radius 3 is 2.22 bits per heavy atom.